The Labute approximate surface area is 125 Å². The van der Waals surface area contributed by atoms with E-state index in [1.807, 2.05) is 4.68 Å². The lowest BCUT2D eigenvalue weighted by Crippen LogP contribution is -2.60. The summed E-state index contributed by atoms with van der Waals surface area (Å²) < 4.78 is 7.61. The lowest BCUT2D eigenvalue weighted by atomic mass is 10.00. The van der Waals surface area contributed by atoms with Crippen molar-refractivity contribution in [3.63, 3.8) is 0 Å². The number of amides is 1. The molecule has 6 heteroatoms. The summed E-state index contributed by atoms with van der Waals surface area (Å²) in [6, 6.07) is 0.509. The molecule has 0 spiro atoms. The lowest BCUT2D eigenvalue weighted by molar-refractivity contribution is -0.140. The number of carbonyl (C=O) groups excluding carboxylic acids is 1. The monoisotopic (exact) mass is 292 g/mol. The molecule has 2 fully saturated rings. The molecular weight excluding hydrogens is 268 g/mol. The van der Waals surface area contributed by atoms with Gasteiger partial charge in [-0.2, -0.15) is 5.10 Å². The van der Waals surface area contributed by atoms with Crippen molar-refractivity contribution in [2.24, 2.45) is 0 Å². The third kappa shape index (κ3) is 3.11. The quantitative estimate of drug-likeness (QED) is 0.898. The predicted octanol–water partition coefficient (Wildman–Crippen LogP) is 0.862. The molecule has 1 N–H and O–H groups in total. The zero-order valence-electron chi connectivity index (χ0n) is 13.0. The van der Waals surface area contributed by atoms with Gasteiger partial charge in [0.15, 0.2) is 0 Å². The van der Waals surface area contributed by atoms with Crippen LogP contribution in [0.5, 0.6) is 0 Å². The van der Waals surface area contributed by atoms with E-state index in [4.69, 9.17) is 4.74 Å². The third-order valence-electron chi connectivity index (χ3n) is 4.35. The van der Waals surface area contributed by atoms with Gasteiger partial charge in [0.25, 0.3) is 0 Å². The zero-order chi connectivity index (χ0) is 15.0. The Kier molecular flexibility index (Phi) is 3.99. The van der Waals surface area contributed by atoms with E-state index in [1.54, 1.807) is 0 Å². The number of aromatic nitrogens is 2. The van der Waals surface area contributed by atoms with Crippen LogP contribution in [0.1, 0.15) is 37.6 Å². The van der Waals surface area contributed by atoms with Crippen LogP contribution in [0.4, 0.5) is 0 Å². The van der Waals surface area contributed by atoms with Gasteiger partial charge in [-0.25, -0.2) is 0 Å². The van der Waals surface area contributed by atoms with Crippen LogP contribution >= 0.6 is 0 Å². The van der Waals surface area contributed by atoms with Crippen LogP contribution in [0.25, 0.3) is 0 Å². The molecule has 0 aliphatic carbocycles. The van der Waals surface area contributed by atoms with Crippen LogP contribution in [-0.4, -0.2) is 52.4 Å². The standard InChI is InChI=1S/C15H24N4O2/c1-10(2)19-7-12(11(3)17-19)6-18-5-4-14-13(8-18)16-15(20)9-21-14/h7,10,13-14H,4-6,8-9H2,1-3H3,(H,16,20)/t13-,14+/m1/s1. The SMILES string of the molecule is Cc1nn(C(C)C)cc1CN1CC[C@@H]2OCC(=O)N[C@@H]2C1. The van der Waals surface area contributed by atoms with Crippen molar-refractivity contribution < 1.29 is 9.53 Å². The van der Waals surface area contributed by atoms with Crippen LogP contribution in [-0.2, 0) is 16.1 Å². The number of nitrogens with zero attached hydrogens (tertiary/aromatic N) is 3. The van der Waals surface area contributed by atoms with Crippen molar-refractivity contribution in [1.29, 1.82) is 0 Å². The molecule has 0 unspecified atom stereocenters. The summed E-state index contributed by atoms with van der Waals surface area (Å²) in [6.07, 6.45) is 3.29. The highest BCUT2D eigenvalue weighted by Gasteiger charge is 2.34. The minimum absolute atomic E-state index is 0.00177. The predicted molar refractivity (Wildman–Crippen MR) is 78.9 cm³/mol. The molecule has 2 aliphatic heterocycles. The van der Waals surface area contributed by atoms with E-state index in [9.17, 15) is 4.79 Å². The Morgan fingerprint density at radius 1 is 1.52 bits per heavy atom. The molecule has 0 saturated carbocycles. The number of aryl methyl sites for hydroxylation is 1. The van der Waals surface area contributed by atoms with E-state index >= 15 is 0 Å². The highest BCUT2D eigenvalue weighted by atomic mass is 16.5. The zero-order valence-corrected chi connectivity index (χ0v) is 13.0. The van der Waals surface area contributed by atoms with Crippen molar-refractivity contribution >= 4 is 5.91 Å². The van der Waals surface area contributed by atoms with Gasteiger partial charge in [0, 0.05) is 37.4 Å². The number of morpholine rings is 1. The minimum Gasteiger partial charge on any atom is -0.366 e. The van der Waals surface area contributed by atoms with E-state index < -0.39 is 0 Å². The fourth-order valence-corrected chi connectivity index (χ4v) is 3.09. The van der Waals surface area contributed by atoms with Gasteiger partial charge in [-0.3, -0.25) is 14.4 Å². The van der Waals surface area contributed by atoms with Gasteiger partial charge in [0.05, 0.1) is 17.8 Å². The van der Waals surface area contributed by atoms with Crippen LogP contribution in [0, 0.1) is 6.92 Å². The molecule has 1 aromatic rings. The number of fused-ring (bicyclic) bond motifs is 1. The van der Waals surface area contributed by atoms with Crippen molar-refractivity contribution in [1.82, 2.24) is 20.0 Å². The van der Waals surface area contributed by atoms with Gasteiger partial charge in [-0.15, -0.1) is 0 Å². The molecule has 0 aromatic carbocycles. The summed E-state index contributed by atoms with van der Waals surface area (Å²) in [5.41, 5.74) is 2.36. The van der Waals surface area contributed by atoms with Crippen LogP contribution in [0.3, 0.4) is 0 Å². The lowest BCUT2D eigenvalue weighted by Gasteiger charge is -2.41. The molecule has 0 bridgehead atoms. The maximum Gasteiger partial charge on any atom is 0.246 e. The van der Waals surface area contributed by atoms with Crippen LogP contribution in [0.2, 0.25) is 0 Å². The summed E-state index contributed by atoms with van der Waals surface area (Å²) >= 11 is 0. The molecule has 1 amide bonds. The van der Waals surface area contributed by atoms with Crippen molar-refractivity contribution in [2.45, 2.75) is 51.9 Å². The molecule has 2 saturated heterocycles. The van der Waals surface area contributed by atoms with Gasteiger partial charge in [0.2, 0.25) is 5.91 Å². The number of hydrogen-bond donors (Lipinski definition) is 1. The second-order valence-electron chi connectivity index (χ2n) is 6.36. The Morgan fingerprint density at radius 3 is 3.05 bits per heavy atom. The minimum atomic E-state index is 0.00177. The van der Waals surface area contributed by atoms with E-state index in [0.29, 0.717) is 6.04 Å². The van der Waals surface area contributed by atoms with Crippen molar-refractivity contribution in [2.75, 3.05) is 19.7 Å². The summed E-state index contributed by atoms with van der Waals surface area (Å²) in [5.74, 6) is 0.00177. The maximum absolute atomic E-state index is 11.4. The molecule has 21 heavy (non-hydrogen) atoms. The van der Waals surface area contributed by atoms with E-state index in [1.165, 1.54) is 5.56 Å². The molecule has 6 nitrogen and oxygen atoms in total. The number of carbonyl (C=O) groups is 1. The number of nitrogens with one attached hydrogen (secondary N) is 1. The molecular formula is C15H24N4O2. The topological polar surface area (TPSA) is 59.4 Å². The average Bonchev–Trinajstić information content (AvgIpc) is 2.80. The average molecular weight is 292 g/mol. The second kappa shape index (κ2) is 5.77. The first-order valence-corrected chi connectivity index (χ1v) is 7.71. The first-order valence-electron chi connectivity index (χ1n) is 7.71. The largest absolute Gasteiger partial charge is 0.366 e. The highest BCUT2D eigenvalue weighted by molar-refractivity contribution is 5.78. The van der Waals surface area contributed by atoms with Gasteiger partial charge >= 0.3 is 0 Å². The Morgan fingerprint density at radius 2 is 2.33 bits per heavy atom. The van der Waals surface area contributed by atoms with Gasteiger partial charge in [-0.05, 0) is 27.2 Å². The van der Waals surface area contributed by atoms with Crippen LogP contribution in [0.15, 0.2) is 6.20 Å². The maximum atomic E-state index is 11.4. The summed E-state index contributed by atoms with van der Waals surface area (Å²) in [7, 11) is 0. The Balaban J connectivity index is 1.64. The molecule has 116 valence electrons. The Hall–Kier alpha value is -1.40. The molecule has 3 rings (SSSR count). The molecule has 2 atom stereocenters. The van der Waals surface area contributed by atoms with E-state index in [0.717, 1.165) is 31.7 Å². The second-order valence-corrected chi connectivity index (χ2v) is 6.36. The third-order valence-corrected chi connectivity index (χ3v) is 4.35. The molecule has 1 aromatic heterocycles. The number of rotatable bonds is 3. The molecule has 3 heterocycles. The van der Waals surface area contributed by atoms with Crippen molar-refractivity contribution in [3.05, 3.63) is 17.5 Å². The molecule has 2 aliphatic rings. The summed E-state index contributed by atoms with van der Waals surface area (Å²) in [6.45, 7) is 9.28. The first kappa shape index (κ1) is 14.5. The number of piperidine rings is 1. The fraction of sp³-hybridized carbons (Fsp3) is 0.733. The molecule has 0 radical (unpaired) electrons. The smallest absolute Gasteiger partial charge is 0.246 e. The fourth-order valence-electron chi connectivity index (χ4n) is 3.09. The van der Waals surface area contributed by atoms with Crippen molar-refractivity contribution in [3.8, 4) is 0 Å². The van der Waals surface area contributed by atoms with E-state index in [-0.39, 0.29) is 24.7 Å². The summed E-state index contributed by atoms with van der Waals surface area (Å²) in [5, 5.41) is 7.61. The number of likely N-dealkylation sites (tertiary alicyclic amines) is 1. The van der Waals surface area contributed by atoms with Gasteiger partial charge in [-0.1, -0.05) is 0 Å². The highest BCUT2D eigenvalue weighted by Crippen LogP contribution is 2.20. The Bertz CT molecular complexity index is 526. The first-order chi connectivity index (χ1) is 10.0. The number of hydrogen-bond acceptors (Lipinski definition) is 4. The normalized spacial score (nSPS) is 26.8. The van der Waals surface area contributed by atoms with Crippen LogP contribution < -0.4 is 5.32 Å². The number of ether oxygens (including phenoxy) is 1. The van der Waals surface area contributed by atoms with E-state index in [2.05, 4.69) is 42.3 Å². The van der Waals surface area contributed by atoms with Gasteiger partial charge in [0.1, 0.15) is 6.61 Å². The van der Waals surface area contributed by atoms with Gasteiger partial charge < -0.3 is 10.1 Å². The summed E-state index contributed by atoms with van der Waals surface area (Å²) in [4.78, 5) is 13.8.